The molecule has 0 fully saturated rings. The summed E-state index contributed by atoms with van der Waals surface area (Å²) in [5, 5.41) is 0.815. The Morgan fingerprint density at radius 2 is 1.72 bits per heavy atom. The molecule has 0 aliphatic rings. The number of carbonyl (C=O) groups excluding carboxylic acids is 2. The summed E-state index contributed by atoms with van der Waals surface area (Å²) < 4.78 is 16.4. The highest BCUT2D eigenvalue weighted by Crippen LogP contribution is 2.30. The number of esters is 1. The molecule has 0 bridgehead atoms. The van der Waals surface area contributed by atoms with Crippen LogP contribution in [0.15, 0.2) is 42.5 Å². The van der Waals surface area contributed by atoms with Crippen molar-refractivity contribution in [3.05, 3.63) is 59.3 Å². The molecule has 6 nitrogen and oxygen atoms in total. The number of H-pyrrole nitrogens is 1. The Bertz CT molecular complexity index is 1050. The van der Waals surface area contributed by atoms with Gasteiger partial charge in [0.25, 0.3) is 0 Å². The largest absolute Gasteiger partial charge is 0.493 e. The number of aromatic nitrogens is 1. The molecular formula is C23H25NO5. The van der Waals surface area contributed by atoms with Crippen LogP contribution in [0, 0.1) is 6.92 Å². The van der Waals surface area contributed by atoms with Gasteiger partial charge in [-0.1, -0.05) is 18.2 Å². The Kier molecular flexibility index (Phi) is 5.92. The summed E-state index contributed by atoms with van der Waals surface area (Å²) >= 11 is 0. The van der Waals surface area contributed by atoms with Crippen molar-refractivity contribution >= 4 is 22.7 Å². The number of methoxy groups -OCH3 is 1. The van der Waals surface area contributed by atoms with Crippen LogP contribution >= 0.6 is 0 Å². The molecule has 1 heterocycles. The number of carbonyl (C=O) groups is 2. The number of benzene rings is 2. The Labute approximate surface area is 169 Å². The van der Waals surface area contributed by atoms with Gasteiger partial charge in [0.15, 0.2) is 17.6 Å². The number of hydrogen-bond acceptors (Lipinski definition) is 5. The second kappa shape index (κ2) is 8.39. The molecule has 0 amide bonds. The number of hydrogen-bond donors (Lipinski definition) is 1. The Morgan fingerprint density at radius 3 is 2.41 bits per heavy atom. The van der Waals surface area contributed by atoms with Crippen LogP contribution in [0.5, 0.6) is 11.5 Å². The lowest BCUT2D eigenvalue weighted by Crippen LogP contribution is -2.25. The zero-order chi connectivity index (χ0) is 21.1. The lowest BCUT2D eigenvalue weighted by Gasteiger charge is -2.16. The van der Waals surface area contributed by atoms with Crippen LogP contribution in [0.2, 0.25) is 0 Å². The van der Waals surface area contributed by atoms with E-state index in [1.165, 1.54) is 7.11 Å². The lowest BCUT2D eigenvalue weighted by atomic mass is 10.0. The molecule has 1 N–H and O–H groups in total. The Hall–Kier alpha value is -3.28. The van der Waals surface area contributed by atoms with Crippen LogP contribution in [-0.4, -0.2) is 36.1 Å². The van der Waals surface area contributed by atoms with Crippen molar-refractivity contribution < 1.29 is 23.8 Å². The van der Waals surface area contributed by atoms with Crippen LogP contribution < -0.4 is 9.47 Å². The summed E-state index contributed by atoms with van der Waals surface area (Å²) in [6, 6.07) is 12.4. The average Bonchev–Trinajstić information content (AvgIpc) is 3.02. The lowest BCUT2D eigenvalue weighted by molar-refractivity contribution is 0.0318. The van der Waals surface area contributed by atoms with E-state index in [-0.39, 0.29) is 17.5 Å². The van der Waals surface area contributed by atoms with Crippen LogP contribution in [0.1, 0.15) is 47.2 Å². The molecular weight excluding hydrogens is 370 g/mol. The molecule has 0 aliphatic carbocycles. The molecule has 1 unspecified atom stereocenters. The van der Waals surface area contributed by atoms with Crippen LogP contribution in [0.4, 0.5) is 0 Å². The highest BCUT2D eigenvalue weighted by atomic mass is 16.5. The van der Waals surface area contributed by atoms with E-state index in [0.29, 0.717) is 17.1 Å². The normalized spacial score (nSPS) is 12.1. The maximum Gasteiger partial charge on any atom is 0.338 e. The zero-order valence-corrected chi connectivity index (χ0v) is 17.2. The second-order valence-corrected chi connectivity index (χ2v) is 7.11. The molecule has 1 aromatic heterocycles. The number of para-hydroxylation sites is 1. The van der Waals surface area contributed by atoms with Crippen molar-refractivity contribution in [2.45, 2.75) is 39.9 Å². The zero-order valence-electron chi connectivity index (χ0n) is 17.2. The highest BCUT2D eigenvalue weighted by molar-refractivity contribution is 6.11. The third-order valence-electron chi connectivity index (χ3n) is 4.56. The fourth-order valence-corrected chi connectivity index (χ4v) is 3.23. The van der Waals surface area contributed by atoms with Gasteiger partial charge in [-0.3, -0.25) is 4.79 Å². The first-order chi connectivity index (χ1) is 13.8. The number of ketones is 1. The third kappa shape index (κ3) is 4.26. The fraction of sp³-hybridized carbons (Fsp3) is 0.304. The first kappa shape index (κ1) is 20.5. The van der Waals surface area contributed by atoms with Gasteiger partial charge in [0.05, 0.1) is 18.8 Å². The van der Waals surface area contributed by atoms with E-state index in [0.717, 1.165) is 16.6 Å². The van der Waals surface area contributed by atoms with Gasteiger partial charge in [0.2, 0.25) is 5.78 Å². The summed E-state index contributed by atoms with van der Waals surface area (Å²) in [4.78, 5) is 28.8. The van der Waals surface area contributed by atoms with Crippen molar-refractivity contribution in [2.24, 2.45) is 0 Å². The molecule has 0 radical (unpaired) electrons. The molecule has 0 aliphatic heterocycles. The third-order valence-corrected chi connectivity index (χ3v) is 4.56. The summed E-state index contributed by atoms with van der Waals surface area (Å²) in [6.45, 7) is 7.22. The van der Waals surface area contributed by atoms with Crippen LogP contribution in [-0.2, 0) is 4.74 Å². The molecule has 0 spiro atoms. The van der Waals surface area contributed by atoms with E-state index in [1.807, 2.05) is 45.0 Å². The van der Waals surface area contributed by atoms with E-state index < -0.39 is 12.1 Å². The quantitative estimate of drug-likeness (QED) is 0.463. The number of Topliss-reactive ketones (excluding diaryl/α,β-unsaturated/α-hetero) is 1. The van der Waals surface area contributed by atoms with Gasteiger partial charge >= 0.3 is 5.97 Å². The number of aromatic amines is 1. The number of rotatable bonds is 7. The van der Waals surface area contributed by atoms with Crippen molar-refractivity contribution in [1.82, 2.24) is 4.98 Å². The minimum Gasteiger partial charge on any atom is -0.493 e. The standard InChI is InChI=1S/C23H25NO5/c1-13(2)28-19-11-10-16(12-20(19)27-5)23(26)29-15(4)22(25)21-14(3)24-18-9-7-6-8-17(18)21/h6-13,15,24H,1-5H3. The predicted molar refractivity (Wildman–Crippen MR) is 111 cm³/mol. The van der Waals surface area contributed by atoms with Gasteiger partial charge in [-0.2, -0.15) is 0 Å². The maximum absolute atomic E-state index is 13.0. The van der Waals surface area contributed by atoms with Crippen molar-refractivity contribution in [3.63, 3.8) is 0 Å². The van der Waals surface area contributed by atoms with Crippen molar-refractivity contribution in [3.8, 4) is 11.5 Å². The van der Waals surface area contributed by atoms with Gasteiger partial charge in [-0.05, 0) is 52.0 Å². The molecule has 0 saturated carbocycles. The minimum atomic E-state index is -0.932. The summed E-state index contributed by atoms with van der Waals surface area (Å²) in [5.41, 5.74) is 2.45. The van der Waals surface area contributed by atoms with E-state index >= 15 is 0 Å². The van der Waals surface area contributed by atoms with Crippen LogP contribution in [0.3, 0.4) is 0 Å². The van der Waals surface area contributed by atoms with Gasteiger partial charge in [-0.15, -0.1) is 0 Å². The van der Waals surface area contributed by atoms with Crippen molar-refractivity contribution in [2.75, 3.05) is 7.11 Å². The summed E-state index contributed by atoms with van der Waals surface area (Å²) in [5.74, 6) is 0.120. The molecule has 0 saturated heterocycles. The van der Waals surface area contributed by atoms with Gasteiger partial charge < -0.3 is 19.2 Å². The first-order valence-corrected chi connectivity index (χ1v) is 9.49. The van der Waals surface area contributed by atoms with Gasteiger partial charge in [0, 0.05) is 22.2 Å². The summed E-state index contributed by atoms with van der Waals surface area (Å²) in [6.07, 6.45) is -0.961. The van der Waals surface area contributed by atoms with E-state index in [9.17, 15) is 9.59 Å². The van der Waals surface area contributed by atoms with Crippen molar-refractivity contribution in [1.29, 1.82) is 0 Å². The Balaban J connectivity index is 1.79. The highest BCUT2D eigenvalue weighted by Gasteiger charge is 2.25. The van der Waals surface area contributed by atoms with Gasteiger partial charge in [-0.25, -0.2) is 4.79 Å². The average molecular weight is 395 g/mol. The smallest absolute Gasteiger partial charge is 0.338 e. The number of aryl methyl sites for hydroxylation is 1. The number of ether oxygens (including phenoxy) is 3. The van der Waals surface area contributed by atoms with E-state index in [4.69, 9.17) is 14.2 Å². The van der Waals surface area contributed by atoms with Crippen LogP contribution in [0.25, 0.3) is 10.9 Å². The van der Waals surface area contributed by atoms with E-state index in [2.05, 4.69) is 4.98 Å². The molecule has 3 aromatic rings. The maximum atomic E-state index is 13.0. The SMILES string of the molecule is COc1cc(C(=O)OC(C)C(=O)c2c(C)[nH]c3ccccc23)ccc1OC(C)C. The molecule has 29 heavy (non-hydrogen) atoms. The minimum absolute atomic E-state index is 0.0289. The summed E-state index contributed by atoms with van der Waals surface area (Å²) in [7, 11) is 1.50. The molecule has 3 rings (SSSR count). The fourth-order valence-electron chi connectivity index (χ4n) is 3.23. The molecule has 6 heteroatoms. The Morgan fingerprint density at radius 1 is 1.00 bits per heavy atom. The molecule has 2 aromatic carbocycles. The molecule has 1 atom stereocenters. The second-order valence-electron chi connectivity index (χ2n) is 7.11. The number of nitrogens with one attached hydrogen (secondary N) is 1. The molecule has 152 valence electrons. The van der Waals surface area contributed by atoms with E-state index in [1.54, 1.807) is 25.1 Å². The number of fused-ring (bicyclic) bond motifs is 1. The van der Waals surface area contributed by atoms with Gasteiger partial charge in [0.1, 0.15) is 0 Å². The predicted octanol–water partition coefficient (Wildman–Crippen LogP) is 4.70. The first-order valence-electron chi connectivity index (χ1n) is 9.49. The monoisotopic (exact) mass is 395 g/mol. The topological polar surface area (TPSA) is 77.6 Å².